The number of para-hydroxylation sites is 1. The Kier molecular flexibility index (Phi) is 6.41. The summed E-state index contributed by atoms with van der Waals surface area (Å²) in [5, 5.41) is 0.361. The second kappa shape index (κ2) is 9.33. The highest BCUT2D eigenvalue weighted by Crippen LogP contribution is 2.34. The van der Waals surface area contributed by atoms with E-state index in [-0.39, 0.29) is 35.5 Å². The molecule has 10 heteroatoms. The maximum Gasteiger partial charge on any atom is 0.247 e. The molecule has 0 saturated carbocycles. The molecule has 2 saturated heterocycles. The number of hydrogen-bond acceptors (Lipinski definition) is 6. The minimum Gasteiger partial charge on any atom is -0.376 e. The second-order valence-electron chi connectivity index (χ2n) is 8.75. The lowest BCUT2D eigenvalue weighted by Crippen LogP contribution is -2.49. The van der Waals surface area contributed by atoms with Gasteiger partial charge in [-0.05, 0) is 56.9 Å². The molecule has 2 aliphatic rings. The number of sulfonamides is 1. The molecule has 1 aromatic heterocycles. The van der Waals surface area contributed by atoms with Crippen molar-refractivity contribution in [3.8, 4) is 0 Å². The number of rotatable bonds is 6. The Labute approximate surface area is 202 Å². The number of hydrogen-bond donors (Lipinski definition) is 0. The Morgan fingerprint density at radius 1 is 1.21 bits per heavy atom. The molecule has 0 N–H and O–H groups in total. The SMILES string of the molecule is Cc1ccc(S(=O)(=O)N2CCCC2C(=O)N(CC2CCCO2)c2nc3c(F)cccc3s2)cc1. The predicted molar refractivity (Wildman–Crippen MR) is 129 cm³/mol. The van der Waals surface area contributed by atoms with E-state index < -0.39 is 21.9 Å². The van der Waals surface area contributed by atoms with Crippen LogP contribution in [0.1, 0.15) is 31.2 Å². The molecule has 0 radical (unpaired) electrons. The van der Waals surface area contributed by atoms with Gasteiger partial charge in [-0.2, -0.15) is 4.31 Å². The molecule has 2 fully saturated rings. The largest absolute Gasteiger partial charge is 0.376 e. The number of ether oxygens (including phenoxy) is 1. The van der Waals surface area contributed by atoms with Crippen LogP contribution < -0.4 is 4.90 Å². The zero-order valence-electron chi connectivity index (χ0n) is 18.8. The molecule has 2 atom stereocenters. The van der Waals surface area contributed by atoms with Gasteiger partial charge >= 0.3 is 0 Å². The number of nitrogens with zero attached hydrogens (tertiary/aromatic N) is 3. The second-order valence-corrected chi connectivity index (χ2v) is 11.7. The molecule has 5 rings (SSSR count). The van der Waals surface area contributed by atoms with Crippen LogP contribution in [0.25, 0.3) is 10.2 Å². The Hall–Kier alpha value is -2.40. The van der Waals surface area contributed by atoms with Gasteiger partial charge in [0.25, 0.3) is 0 Å². The normalized spacial score (nSPS) is 21.4. The molecule has 34 heavy (non-hydrogen) atoms. The molecule has 2 aromatic carbocycles. The van der Waals surface area contributed by atoms with Gasteiger partial charge in [0, 0.05) is 13.2 Å². The quantitative estimate of drug-likeness (QED) is 0.506. The number of thiazole rings is 1. The highest BCUT2D eigenvalue weighted by molar-refractivity contribution is 7.89. The van der Waals surface area contributed by atoms with Gasteiger partial charge < -0.3 is 4.74 Å². The number of aryl methyl sites for hydroxylation is 1. The third-order valence-electron chi connectivity index (χ3n) is 6.38. The van der Waals surface area contributed by atoms with Crippen LogP contribution in [0.4, 0.5) is 9.52 Å². The van der Waals surface area contributed by atoms with E-state index in [0.29, 0.717) is 29.3 Å². The van der Waals surface area contributed by atoms with Gasteiger partial charge in [0.1, 0.15) is 17.4 Å². The van der Waals surface area contributed by atoms with Crippen molar-refractivity contribution in [1.29, 1.82) is 0 Å². The molecule has 2 aliphatic heterocycles. The summed E-state index contributed by atoms with van der Waals surface area (Å²) < 4.78 is 48.9. The summed E-state index contributed by atoms with van der Waals surface area (Å²) in [6.07, 6.45) is 2.55. The van der Waals surface area contributed by atoms with Crippen molar-refractivity contribution in [2.24, 2.45) is 0 Å². The van der Waals surface area contributed by atoms with E-state index in [1.807, 2.05) is 6.92 Å². The Bertz CT molecular complexity index is 1300. The van der Waals surface area contributed by atoms with E-state index in [4.69, 9.17) is 4.74 Å². The van der Waals surface area contributed by atoms with Crippen LogP contribution >= 0.6 is 11.3 Å². The topological polar surface area (TPSA) is 79.8 Å². The van der Waals surface area contributed by atoms with Gasteiger partial charge in [-0.15, -0.1) is 0 Å². The maximum atomic E-state index is 14.3. The van der Waals surface area contributed by atoms with Crippen LogP contribution in [0.5, 0.6) is 0 Å². The number of fused-ring (bicyclic) bond motifs is 1. The van der Waals surface area contributed by atoms with E-state index in [0.717, 1.165) is 18.4 Å². The van der Waals surface area contributed by atoms with E-state index in [9.17, 15) is 17.6 Å². The summed E-state index contributed by atoms with van der Waals surface area (Å²) in [5.41, 5.74) is 1.17. The third-order valence-corrected chi connectivity index (χ3v) is 9.35. The minimum absolute atomic E-state index is 0.163. The maximum absolute atomic E-state index is 14.3. The highest BCUT2D eigenvalue weighted by Gasteiger charge is 2.42. The summed E-state index contributed by atoms with van der Waals surface area (Å²) in [7, 11) is -3.85. The van der Waals surface area contributed by atoms with Crippen LogP contribution in [0, 0.1) is 12.7 Å². The monoisotopic (exact) mass is 503 g/mol. The van der Waals surface area contributed by atoms with Gasteiger partial charge in [-0.25, -0.2) is 17.8 Å². The van der Waals surface area contributed by atoms with Crippen molar-refractivity contribution < 1.29 is 22.3 Å². The van der Waals surface area contributed by atoms with Gasteiger partial charge in [0.15, 0.2) is 5.13 Å². The van der Waals surface area contributed by atoms with Crippen molar-refractivity contribution in [3.05, 3.63) is 53.8 Å². The molecule has 7 nitrogen and oxygen atoms in total. The van der Waals surface area contributed by atoms with Gasteiger partial charge in [0.2, 0.25) is 15.9 Å². The lowest BCUT2D eigenvalue weighted by molar-refractivity contribution is -0.122. The number of amides is 1. The molecule has 0 spiro atoms. The Morgan fingerprint density at radius 3 is 2.71 bits per heavy atom. The van der Waals surface area contributed by atoms with E-state index in [2.05, 4.69) is 4.98 Å². The number of carbonyl (C=O) groups is 1. The van der Waals surface area contributed by atoms with Crippen LogP contribution in [-0.4, -0.2) is 55.5 Å². The average molecular weight is 504 g/mol. The molecule has 0 bridgehead atoms. The molecule has 0 aliphatic carbocycles. The fourth-order valence-corrected chi connectivity index (χ4v) is 7.22. The van der Waals surface area contributed by atoms with Crippen molar-refractivity contribution in [3.63, 3.8) is 0 Å². The fourth-order valence-electron chi connectivity index (χ4n) is 4.57. The average Bonchev–Trinajstić information content (AvgIpc) is 3.58. The standard InChI is InChI=1S/C24H26FN3O4S2/c1-16-9-11-18(12-10-16)34(30,31)28-13-3-7-20(28)23(29)27(15-17-5-4-14-32-17)24-26-22-19(25)6-2-8-21(22)33-24/h2,6,8-12,17,20H,3-5,7,13-15H2,1H3. The molecule has 180 valence electrons. The van der Waals surface area contributed by atoms with E-state index in [1.165, 1.54) is 26.6 Å². The first kappa shape index (κ1) is 23.3. The lowest BCUT2D eigenvalue weighted by atomic mass is 10.2. The third kappa shape index (κ3) is 4.35. The molecule has 3 heterocycles. The molecule has 1 amide bonds. The molecule has 3 aromatic rings. The summed E-state index contributed by atoms with van der Waals surface area (Å²) in [4.78, 5) is 20.0. The van der Waals surface area contributed by atoms with Gasteiger partial charge in [-0.3, -0.25) is 9.69 Å². The van der Waals surface area contributed by atoms with Gasteiger partial charge in [-0.1, -0.05) is 35.1 Å². The highest BCUT2D eigenvalue weighted by atomic mass is 32.2. The van der Waals surface area contributed by atoms with Crippen molar-refractivity contribution >= 4 is 42.6 Å². The fraction of sp³-hybridized carbons (Fsp3) is 0.417. The van der Waals surface area contributed by atoms with E-state index >= 15 is 0 Å². The number of carbonyl (C=O) groups excluding carboxylic acids is 1. The van der Waals surface area contributed by atoms with Gasteiger partial charge in [0.05, 0.1) is 22.2 Å². The first-order valence-electron chi connectivity index (χ1n) is 11.4. The number of benzene rings is 2. The zero-order valence-corrected chi connectivity index (χ0v) is 20.4. The van der Waals surface area contributed by atoms with Crippen LogP contribution in [-0.2, 0) is 19.6 Å². The summed E-state index contributed by atoms with van der Waals surface area (Å²) >= 11 is 1.23. The Morgan fingerprint density at radius 2 is 2.00 bits per heavy atom. The Balaban J connectivity index is 1.49. The summed E-state index contributed by atoms with van der Waals surface area (Å²) in [6.45, 7) is 3.05. The van der Waals surface area contributed by atoms with Crippen molar-refractivity contribution in [1.82, 2.24) is 9.29 Å². The minimum atomic E-state index is -3.85. The molecular weight excluding hydrogens is 477 g/mol. The molecule has 2 unspecified atom stereocenters. The smallest absolute Gasteiger partial charge is 0.247 e. The zero-order chi connectivity index (χ0) is 23.9. The first-order valence-corrected chi connectivity index (χ1v) is 13.7. The molecular formula is C24H26FN3O4S2. The number of anilines is 1. The van der Waals surface area contributed by atoms with Crippen LogP contribution in [0.2, 0.25) is 0 Å². The van der Waals surface area contributed by atoms with E-state index in [1.54, 1.807) is 36.4 Å². The summed E-state index contributed by atoms with van der Waals surface area (Å²) in [5.74, 6) is -0.794. The van der Waals surface area contributed by atoms with Crippen LogP contribution in [0.3, 0.4) is 0 Å². The number of aromatic nitrogens is 1. The summed E-state index contributed by atoms with van der Waals surface area (Å²) in [6, 6.07) is 10.5. The lowest BCUT2D eigenvalue weighted by Gasteiger charge is -2.29. The van der Waals surface area contributed by atoms with Crippen molar-refractivity contribution in [2.45, 2.75) is 49.6 Å². The van der Waals surface area contributed by atoms with Crippen molar-refractivity contribution in [2.75, 3.05) is 24.6 Å². The van der Waals surface area contributed by atoms with Crippen LogP contribution in [0.15, 0.2) is 47.4 Å². The number of halogens is 1. The first-order chi connectivity index (χ1) is 16.3. The predicted octanol–water partition coefficient (Wildman–Crippen LogP) is 4.11.